The molecule has 0 aromatic carbocycles. The average Bonchev–Trinajstić information content (AvgIpc) is 3.12. The van der Waals surface area contributed by atoms with Crippen LogP contribution in [0.4, 0.5) is 6.01 Å². The predicted molar refractivity (Wildman–Crippen MR) is 68.6 cm³/mol. The maximum absolute atomic E-state index is 5.63. The lowest BCUT2D eigenvalue weighted by Gasteiger charge is -2.19. The fourth-order valence-electron chi connectivity index (χ4n) is 2.23. The molecule has 2 fully saturated rings. The molecule has 100 valence electrons. The van der Waals surface area contributed by atoms with Crippen LogP contribution in [0.25, 0.3) is 0 Å². The number of nitrogens with zero attached hydrogens (tertiary/aromatic N) is 2. The summed E-state index contributed by atoms with van der Waals surface area (Å²) in [5, 5.41) is 3.44. The van der Waals surface area contributed by atoms with Gasteiger partial charge in [-0.3, -0.25) is 0 Å². The first kappa shape index (κ1) is 12.0. The van der Waals surface area contributed by atoms with E-state index < -0.39 is 0 Å². The average molecular weight is 251 g/mol. The van der Waals surface area contributed by atoms with Gasteiger partial charge in [0.2, 0.25) is 0 Å². The van der Waals surface area contributed by atoms with Gasteiger partial charge in [-0.25, -0.2) is 0 Å². The first-order valence-electron chi connectivity index (χ1n) is 6.85. The fraction of sp³-hybridized carbons (Fsp3) is 0.769. The minimum atomic E-state index is 0.243. The molecule has 2 heterocycles. The summed E-state index contributed by atoms with van der Waals surface area (Å²) in [4.78, 5) is 6.73. The van der Waals surface area contributed by atoms with E-state index in [2.05, 4.69) is 22.1 Å². The Morgan fingerprint density at radius 3 is 3.22 bits per heavy atom. The maximum Gasteiger partial charge on any atom is 0.297 e. The van der Waals surface area contributed by atoms with Crippen molar-refractivity contribution >= 4 is 6.01 Å². The highest BCUT2D eigenvalue weighted by atomic mass is 16.5. The summed E-state index contributed by atoms with van der Waals surface area (Å²) >= 11 is 0. The van der Waals surface area contributed by atoms with Crippen molar-refractivity contribution in [3.05, 3.63) is 12.0 Å². The van der Waals surface area contributed by atoms with Gasteiger partial charge in [-0.1, -0.05) is 0 Å². The zero-order chi connectivity index (χ0) is 12.4. The van der Waals surface area contributed by atoms with E-state index >= 15 is 0 Å². The maximum atomic E-state index is 5.63. The van der Waals surface area contributed by atoms with E-state index in [0.29, 0.717) is 6.04 Å². The normalized spacial score (nSPS) is 25.2. The molecule has 5 nitrogen and oxygen atoms in total. The van der Waals surface area contributed by atoms with E-state index in [-0.39, 0.29) is 6.10 Å². The van der Waals surface area contributed by atoms with Crippen LogP contribution in [-0.2, 0) is 11.3 Å². The minimum Gasteiger partial charge on any atom is -0.432 e. The first-order valence-corrected chi connectivity index (χ1v) is 6.85. The van der Waals surface area contributed by atoms with Gasteiger partial charge in [0.1, 0.15) is 6.26 Å². The number of hydrogen-bond acceptors (Lipinski definition) is 5. The Hall–Kier alpha value is -1.07. The van der Waals surface area contributed by atoms with E-state index in [9.17, 15) is 0 Å². The molecule has 5 heteroatoms. The van der Waals surface area contributed by atoms with Crippen LogP contribution in [0.2, 0.25) is 0 Å². The lowest BCUT2D eigenvalue weighted by molar-refractivity contribution is 0.0818. The number of rotatable bonds is 4. The second-order valence-corrected chi connectivity index (χ2v) is 5.26. The predicted octanol–water partition coefficient (Wildman–Crippen LogP) is 1.54. The molecule has 1 aromatic rings. The molecular weight excluding hydrogens is 230 g/mol. The summed E-state index contributed by atoms with van der Waals surface area (Å²) in [6.45, 7) is 5.55. The smallest absolute Gasteiger partial charge is 0.297 e. The summed E-state index contributed by atoms with van der Waals surface area (Å²) in [6, 6.07) is 1.44. The third-order valence-corrected chi connectivity index (χ3v) is 3.41. The Bertz CT molecular complexity index is 389. The van der Waals surface area contributed by atoms with Crippen LogP contribution in [0, 0.1) is 0 Å². The van der Waals surface area contributed by atoms with Crippen LogP contribution in [0.3, 0.4) is 0 Å². The van der Waals surface area contributed by atoms with E-state index in [1.165, 1.54) is 12.8 Å². The Kier molecular flexibility index (Phi) is 3.52. The molecule has 0 amide bonds. The molecule has 1 atom stereocenters. The number of aromatic nitrogens is 1. The molecule has 2 aliphatic rings. The topological polar surface area (TPSA) is 50.5 Å². The van der Waals surface area contributed by atoms with Gasteiger partial charge in [-0.15, -0.1) is 0 Å². The van der Waals surface area contributed by atoms with Crippen molar-refractivity contribution in [2.24, 2.45) is 0 Å². The third-order valence-electron chi connectivity index (χ3n) is 3.41. The van der Waals surface area contributed by atoms with E-state index in [1.54, 1.807) is 6.26 Å². The highest BCUT2D eigenvalue weighted by Gasteiger charge is 2.22. The van der Waals surface area contributed by atoms with E-state index in [4.69, 9.17) is 9.15 Å². The Morgan fingerprint density at radius 1 is 1.50 bits per heavy atom. The Balaban J connectivity index is 1.59. The van der Waals surface area contributed by atoms with Crippen LogP contribution in [0.15, 0.2) is 10.7 Å². The van der Waals surface area contributed by atoms with Gasteiger partial charge in [0.25, 0.3) is 6.01 Å². The fourth-order valence-corrected chi connectivity index (χ4v) is 2.23. The Morgan fingerprint density at radius 2 is 2.39 bits per heavy atom. The molecule has 1 N–H and O–H groups in total. The number of nitrogens with one attached hydrogen (secondary N) is 1. The van der Waals surface area contributed by atoms with Crippen molar-refractivity contribution in [3.8, 4) is 0 Å². The molecule has 18 heavy (non-hydrogen) atoms. The van der Waals surface area contributed by atoms with E-state index in [0.717, 1.165) is 44.4 Å². The summed E-state index contributed by atoms with van der Waals surface area (Å²) in [5.41, 5.74) is 0.995. The standard InChI is InChI=1S/C13H21N3O2/c1-10-8-16(5-2-6-17-10)13-15-12(9-18-13)7-14-11-3-4-11/h9-11,14H,2-8H2,1H3. The molecule has 0 bridgehead atoms. The number of hydrogen-bond donors (Lipinski definition) is 1. The van der Waals surface area contributed by atoms with Gasteiger partial charge in [0.15, 0.2) is 0 Å². The monoisotopic (exact) mass is 251 g/mol. The molecule has 3 rings (SSSR count). The molecule has 0 spiro atoms. The quantitative estimate of drug-likeness (QED) is 0.879. The lowest BCUT2D eigenvalue weighted by Crippen LogP contribution is -2.30. The lowest BCUT2D eigenvalue weighted by atomic mass is 10.3. The van der Waals surface area contributed by atoms with Crippen LogP contribution < -0.4 is 10.2 Å². The minimum absolute atomic E-state index is 0.243. The molecule has 1 saturated heterocycles. The highest BCUT2D eigenvalue weighted by Crippen LogP contribution is 2.20. The molecule has 1 unspecified atom stereocenters. The van der Waals surface area contributed by atoms with E-state index in [1.807, 2.05) is 0 Å². The molecule has 0 radical (unpaired) electrons. The number of anilines is 1. The van der Waals surface area contributed by atoms with Gasteiger partial charge in [-0.05, 0) is 26.2 Å². The second kappa shape index (κ2) is 5.28. The first-order chi connectivity index (χ1) is 8.81. The van der Waals surface area contributed by atoms with Crippen LogP contribution in [0.5, 0.6) is 0 Å². The van der Waals surface area contributed by atoms with Crippen molar-refractivity contribution in [1.82, 2.24) is 10.3 Å². The number of oxazole rings is 1. The molecule has 1 aliphatic heterocycles. The molecular formula is C13H21N3O2. The zero-order valence-electron chi connectivity index (χ0n) is 10.9. The second-order valence-electron chi connectivity index (χ2n) is 5.26. The van der Waals surface area contributed by atoms with Crippen molar-refractivity contribution in [2.75, 3.05) is 24.6 Å². The van der Waals surface area contributed by atoms with Crippen molar-refractivity contribution < 1.29 is 9.15 Å². The summed E-state index contributed by atoms with van der Waals surface area (Å²) < 4.78 is 11.2. The third kappa shape index (κ3) is 3.03. The van der Waals surface area contributed by atoms with Crippen LogP contribution >= 0.6 is 0 Å². The van der Waals surface area contributed by atoms with Gasteiger partial charge in [0, 0.05) is 32.3 Å². The highest BCUT2D eigenvalue weighted by molar-refractivity contribution is 5.27. The summed E-state index contributed by atoms with van der Waals surface area (Å²) in [5.74, 6) is 0. The van der Waals surface area contributed by atoms with Gasteiger partial charge in [0.05, 0.1) is 11.8 Å². The molecule has 1 aromatic heterocycles. The summed E-state index contributed by atoms with van der Waals surface area (Å²) in [7, 11) is 0. The Labute approximate surface area is 108 Å². The van der Waals surface area contributed by atoms with Crippen LogP contribution in [-0.4, -0.2) is 36.8 Å². The summed E-state index contributed by atoms with van der Waals surface area (Å²) in [6.07, 6.45) is 5.63. The van der Waals surface area contributed by atoms with Crippen molar-refractivity contribution in [1.29, 1.82) is 0 Å². The largest absolute Gasteiger partial charge is 0.432 e. The van der Waals surface area contributed by atoms with Crippen LogP contribution in [0.1, 0.15) is 31.9 Å². The molecule has 1 aliphatic carbocycles. The van der Waals surface area contributed by atoms with Crippen molar-refractivity contribution in [3.63, 3.8) is 0 Å². The SMILES string of the molecule is CC1CN(c2nc(CNC3CC3)co2)CCCO1. The van der Waals surface area contributed by atoms with Crippen molar-refractivity contribution in [2.45, 2.75) is 44.9 Å². The van der Waals surface area contributed by atoms with Gasteiger partial charge >= 0.3 is 0 Å². The molecule has 1 saturated carbocycles. The van der Waals surface area contributed by atoms with Gasteiger partial charge < -0.3 is 19.4 Å². The number of ether oxygens (including phenoxy) is 1. The zero-order valence-corrected chi connectivity index (χ0v) is 10.9. The van der Waals surface area contributed by atoms with Gasteiger partial charge in [-0.2, -0.15) is 4.98 Å².